The number of hydrogen-bond donors (Lipinski definition) is 1. The summed E-state index contributed by atoms with van der Waals surface area (Å²) in [6, 6.07) is -0.273. The van der Waals surface area contributed by atoms with Crippen LogP contribution in [0.25, 0.3) is 0 Å². The zero-order valence-electron chi connectivity index (χ0n) is 13.1. The minimum Gasteiger partial charge on any atom is -0.385 e. The van der Waals surface area contributed by atoms with Crippen LogP contribution in [0, 0.1) is 5.92 Å². The molecule has 1 saturated heterocycles. The van der Waals surface area contributed by atoms with Gasteiger partial charge < -0.3 is 15.0 Å². The van der Waals surface area contributed by atoms with E-state index in [2.05, 4.69) is 5.32 Å². The molecule has 5 heteroatoms. The van der Waals surface area contributed by atoms with Gasteiger partial charge in [-0.25, -0.2) is 0 Å². The molecule has 5 nitrogen and oxygen atoms in total. The topological polar surface area (TPSA) is 58.6 Å². The fourth-order valence-corrected chi connectivity index (χ4v) is 3.43. The molecule has 0 bridgehead atoms. The molecule has 2 aliphatic rings. The zero-order valence-corrected chi connectivity index (χ0v) is 13.1. The Balaban J connectivity index is 1.83. The lowest BCUT2D eigenvalue weighted by molar-refractivity contribution is -0.146. The van der Waals surface area contributed by atoms with E-state index in [1.165, 1.54) is 19.3 Å². The first-order valence-corrected chi connectivity index (χ1v) is 8.29. The Morgan fingerprint density at radius 2 is 1.90 bits per heavy atom. The van der Waals surface area contributed by atoms with Gasteiger partial charge in [0.05, 0.1) is 6.54 Å². The summed E-state index contributed by atoms with van der Waals surface area (Å²) in [4.78, 5) is 26.2. The quantitative estimate of drug-likeness (QED) is 0.728. The highest BCUT2D eigenvalue weighted by atomic mass is 16.5. The fraction of sp³-hybridized carbons (Fsp3) is 0.875. The number of carbonyl (C=O) groups is 2. The lowest BCUT2D eigenvalue weighted by Crippen LogP contribution is -2.60. The summed E-state index contributed by atoms with van der Waals surface area (Å²) >= 11 is 0. The normalized spacial score (nSPS) is 24.2. The van der Waals surface area contributed by atoms with Crippen molar-refractivity contribution in [1.29, 1.82) is 0 Å². The van der Waals surface area contributed by atoms with E-state index in [1.807, 2.05) is 0 Å². The SMILES string of the molecule is COCCCCCN1CC(=O)NC(C2CCCCC2)C1=O. The Labute approximate surface area is 127 Å². The van der Waals surface area contributed by atoms with E-state index in [4.69, 9.17) is 4.74 Å². The summed E-state index contributed by atoms with van der Waals surface area (Å²) in [6.45, 7) is 1.69. The molecule has 1 N–H and O–H groups in total. The van der Waals surface area contributed by atoms with E-state index < -0.39 is 0 Å². The summed E-state index contributed by atoms with van der Waals surface area (Å²) in [7, 11) is 1.70. The van der Waals surface area contributed by atoms with Gasteiger partial charge in [-0.3, -0.25) is 9.59 Å². The summed E-state index contributed by atoms with van der Waals surface area (Å²) in [5, 5.41) is 2.93. The van der Waals surface area contributed by atoms with Crippen LogP contribution in [-0.4, -0.2) is 49.6 Å². The molecule has 2 rings (SSSR count). The molecule has 1 heterocycles. The molecule has 2 amide bonds. The van der Waals surface area contributed by atoms with Crippen LogP contribution in [-0.2, 0) is 14.3 Å². The largest absolute Gasteiger partial charge is 0.385 e. The minimum absolute atomic E-state index is 0.00191. The summed E-state index contributed by atoms with van der Waals surface area (Å²) in [5.74, 6) is 0.474. The number of piperazine rings is 1. The molecule has 0 aromatic carbocycles. The van der Waals surface area contributed by atoms with Crippen molar-refractivity contribution in [2.24, 2.45) is 5.92 Å². The lowest BCUT2D eigenvalue weighted by atomic mass is 9.82. The van der Waals surface area contributed by atoms with E-state index in [-0.39, 0.29) is 24.4 Å². The first kappa shape index (κ1) is 16.3. The highest BCUT2D eigenvalue weighted by Crippen LogP contribution is 2.28. The number of unbranched alkanes of at least 4 members (excludes halogenated alkanes) is 2. The number of carbonyl (C=O) groups excluding carboxylic acids is 2. The number of hydrogen-bond acceptors (Lipinski definition) is 3. The molecule has 0 radical (unpaired) electrons. The molecule has 21 heavy (non-hydrogen) atoms. The molecule has 1 aliphatic heterocycles. The molecule has 0 aromatic rings. The second-order valence-electron chi connectivity index (χ2n) is 6.26. The number of nitrogens with zero attached hydrogens (tertiary/aromatic N) is 1. The lowest BCUT2D eigenvalue weighted by Gasteiger charge is -2.37. The molecule has 1 aliphatic carbocycles. The van der Waals surface area contributed by atoms with E-state index in [0.29, 0.717) is 12.5 Å². The fourth-order valence-electron chi connectivity index (χ4n) is 3.43. The van der Waals surface area contributed by atoms with E-state index in [1.54, 1.807) is 12.0 Å². The summed E-state index contributed by atoms with van der Waals surface area (Å²) < 4.78 is 5.02. The van der Waals surface area contributed by atoms with Crippen molar-refractivity contribution < 1.29 is 14.3 Å². The van der Waals surface area contributed by atoms with E-state index in [0.717, 1.165) is 38.7 Å². The van der Waals surface area contributed by atoms with Gasteiger partial charge in [0.2, 0.25) is 11.8 Å². The van der Waals surface area contributed by atoms with Crippen LogP contribution in [0.15, 0.2) is 0 Å². The van der Waals surface area contributed by atoms with Crippen molar-refractivity contribution in [2.75, 3.05) is 26.8 Å². The summed E-state index contributed by atoms with van der Waals surface area (Å²) in [5.41, 5.74) is 0. The van der Waals surface area contributed by atoms with Crippen LogP contribution in [0.1, 0.15) is 51.4 Å². The molecule has 1 saturated carbocycles. The second kappa shape index (κ2) is 8.37. The Morgan fingerprint density at radius 3 is 2.62 bits per heavy atom. The van der Waals surface area contributed by atoms with Crippen LogP contribution < -0.4 is 5.32 Å². The third kappa shape index (κ3) is 4.70. The standard InChI is InChI=1S/C16H28N2O3/c1-21-11-7-3-6-10-18-12-14(19)17-15(16(18)20)13-8-4-2-5-9-13/h13,15H,2-12H2,1H3,(H,17,19). The van der Waals surface area contributed by atoms with Gasteiger partial charge in [-0.05, 0) is 38.0 Å². The molecule has 120 valence electrons. The number of methoxy groups -OCH3 is 1. The molecule has 0 aromatic heterocycles. The van der Waals surface area contributed by atoms with Gasteiger partial charge in [-0.1, -0.05) is 19.3 Å². The Bertz CT molecular complexity index is 353. The second-order valence-corrected chi connectivity index (χ2v) is 6.26. The maximum Gasteiger partial charge on any atom is 0.245 e. The molecule has 1 unspecified atom stereocenters. The van der Waals surface area contributed by atoms with Crippen LogP contribution in [0.2, 0.25) is 0 Å². The highest BCUT2D eigenvalue weighted by Gasteiger charge is 2.37. The maximum absolute atomic E-state index is 12.6. The van der Waals surface area contributed by atoms with Crippen molar-refractivity contribution in [3.63, 3.8) is 0 Å². The molecular weight excluding hydrogens is 268 g/mol. The van der Waals surface area contributed by atoms with Crippen LogP contribution >= 0.6 is 0 Å². The van der Waals surface area contributed by atoms with Gasteiger partial charge in [0.25, 0.3) is 0 Å². The Morgan fingerprint density at radius 1 is 1.14 bits per heavy atom. The smallest absolute Gasteiger partial charge is 0.245 e. The number of nitrogens with one attached hydrogen (secondary N) is 1. The average Bonchev–Trinajstić information content (AvgIpc) is 2.51. The first-order valence-electron chi connectivity index (χ1n) is 8.29. The maximum atomic E-state index is 12.6. The third-order valence-electron chi connectivity index (χ3n) is 4.63. The van der Waals surface area contributed by atoms with Crippen LogP contribution in [0.4, 0.5) is 0 Å². The van der Waals surface area contributed by atoms with E-state index in [9.17, 15) is 9.59 Å². The number of ether oxygens (including phenoxy) is 1. The minimum atomic E-state index is -0.273. The highest BCUT2D eigenvalue weighted by molar-refractivity contribution is 5.95. The average molecular weight is 296 g/mol. The monoisotopic (exact) mass is 296 g/mol. The number of amides is 2. The van der Waals surface area contributed by atoms with Crippen molar-refractivity contribution in [3.8, 4) is 0 Å². The van der Waals surface area contributed by atoms with Crippen molar-refractivity contribution in [1.82, 2.24) is 10.2 Å². The summed E-state index contributed by atoms with van der Waals surface area (Å²) in [6.07, 6.45) is 8.75. The van der Waals surface area contributed by atoms with Gasteiger partial charge >= 0.3 is 0 Å². The zero-order chi connectivity index (χ0) is 15.1. The molecule has 0 spiro atoms. The Hall–Kier alpha value is -1.10. The van der Waals surface area contributed by atoms with Crippen LogP contribution in [0.5, 0.6) is 0 Å². The predicted octanol–water partition coefficient (Wildman–Crippen LogP) is 1.71. The van der Waals surface area contributed by atoms with Gasteiger partial charge in [0.15, 0.2) is 0 Å². The predicted molar refractivity (Wildman–Crippen MR) is 80.8 cm³/mol. The third-order valence-corrected chi connectivity index (χ3v) is 4.63. The van der Waals surface area contributed by atoms with Gasteiger partial charge in [-0.15, -0.1) is 0 Å². The Kier molecular flexibility index (Phi) is 6.49. The van der Waals surface area contributed by atoms with Gasteiger partial charge in [-0.2, -0.15) is 0 Å². The van der Waals surface area contributed by atoms with Crippen molar-refractivity contribution >= 4 is 11.8 Å². The van der Waals surface area contributed by atoms with Gasteiger partial charge in [0.1, 0.15) is 6.04 Å². The van der Waals surface area contributed by atoms with Crippen molar-refractivity contribution in [3.05, 3.63) is 0 Å². The first-order chi connectivity index (χ1) is 10.2. The van der Waals surface area contributed by atoms with Crippen LogP contribution in [0.3, 0.4) is 0 Å². The molecule has 1 atom stereocenters. The molecule has 2 fully saturated rings. The van der Waals surface area contributed by atoms with E-state index >= 15 is 0 Å². The number of rotatable bonds is 7. The van der Waals surface area contributed by atoms with Crippen molar-refractivity contribution in [2.45, 2.75) is 57.4 Å². The van der Waals surface area contributed by atoms with Gasteiger partial charge in [0, 0.05) is 20.3 Å². The molecular formula is C16H28N2O3.